The van der Waals surface area contributed by atoms with Crippen molar-refractivity contribution >= 4 is 5.52 Å². The molecule has 4 aromatic rings. The van der Waals surface area contributed by atoms with Crippen LogP contribution in [0, 0.1) is 6.92 Å². The van der Waals surface area contributed by atoms with Crippen molar-refractivity contribution in [2.24, 2.45) is 0 Å². The highest BCUT2D eigenvalue weighted by atomic mass is 16.5. The van der Waals surface area contributed by atoms with Gasteiger partial charge < -0.3 is 14.2 Å². The molecule has 2 unspecified atom stereocenters. The lowest BCUT2D eigenvalue weighted by atomic mass is 9.99. The first-order valence-electron chi connectivity index (χ1n) is 10.8. The predicted molar refractivity (Wildman–Crippen MR) is 122 cm³/mol. The third kappa shape index (κ3) is 3.94. The van der Waals surface area contributed by atoms with Crippen molar-refractivity contribution < 1.29 is 9.84 Å². The molecule has 0 amide bonds. The minimum Gasteiger partial charge on any atom is -0.472 e. The van der Waals surface area contributed by atoms with Crippen LogP contribution in [0.2, 0.25) is 0 Å². The molecule has 0 bridgehead atoms. The fourth-order valence-electron chi connectivity index (χ4n) is 4.39. The zero-order valence-electron chi connectivity index (χ0n) is 17.9. The van der Waals surface area contributed by atoms with Gasteiger partial charge in [0.25, 0.3) is 0 Å². The van der Waals surface area contributed by atoms with E-state index in [1.54, 1.807) is 6.92 Å². The molecule has 0 radical (unpaired) electrons. The van der Waals surface area contributed by atoms with E-state index < -0.39 is 12.3 Å². The number of aromatic nitrogens is 2. The Balaban J connectivity index is 1.40. The molecule has 0 spiro atoms. The molecule has 0 saturated heterocycles. The van der Waals surface area contributed by atoms with Crippen LogP contribution in [0.15, 0.2) is 73.1 Å². The zero-order chi connectivity index (χ0) is 21.4. The summed E-state index contributed by atoms with van der Waals surface area (Å²) in [6, 6.07) is 20.8. The summed E-state index contributed by atoms with van der Waals surface area (Å²) >= 11 is 0. The molecule has 1 N–H and O–H groups in total. The van der Waals surface area contributed by atoms with Gasteiger partial charge in [0, 0.05) is 19.3 Å². The first-order valence-corrected chi connectivity index (χ1v) is 10.8. The van der Waals surface area contributed by atoms with E-state index in [1.807, 2.05) is 31.3 Å². The summed E-state index contributed by atoms with van der Waals surface area (Å²) in [5, 5.41) is 10.5. The number of aliphatic hydroxyl groups is 1. The molecule has 1 aliphatic heterocycles. The largest absolute Gasteiger partial charge is 0.472 e. The van der Waals surface area contributed by atoms with Crippen LogP contribution in [0.25, 0.3) is 16.6 Å². The maximum Gasteiger partial charge on any atom is 0.178 e. The van der Waals surface area contributed by atoms with Gasteiger partial charge in [-0.25, -0.2) is 4.98 Å². The van der Waals surface area contributed by atoms with Crippen molar-refractivity contribution in [3.05, 3.63) is 90.0 Å². The molecule has 5 heteroatoms. The minimum absolute atomic E-state index is 0.401. The Bertz CT molecular complexity index is 1210. The number of imidazole rings is 1. The number of fused-ring (bicyclic) bond motifs is 2. The number of aliphatic hydroxyl groups excluding tert-OH is 1. The van der Waals surface area contributed by atoms with Crippen LogP contribution in [0.3, 0.4) is 0 Å². The Morgan fingerprint density at radius 1 is 1.00 bits per heavy atom. The van der Waals surface area contributed by atoms with Crippen LogP contribution in [0.4, 0.5) is 0 Å². The lowest BCUT2D eigenvalue weighted by molar-refractivity contribution is -0.0646. The first-order chi connectivity index (χ1) is 15.1. The van der Waals surface area contributed by atoms with Crippen LogP contribution >= 0.6 is 0 Å². The Kier molecular flexibility index (Phi) is 5.22. The van der Waals surface area contributed by atoms with E-state index in [4.69, 9.17) is 4.74 Å². The van der Waals surface area contributed by atoms with E-state index in [0.717, 1.165) is 47.7 Å². The van der Waals surface area contributed by atoms with Gasteiger partial charge in [-0.05, 0) is 60.7 Å². The van der Waals surface area contributed by atoms with Gasteiger partial charge in [0.2, 0.25) is 0 Å². The zero-order valence-corrected chi connectivity index (χ0v) is 17.9. The van der Waals surface area contributed by atoms with E-state index in [2.05, 4.69) is 62.9 Å². The fourth-order valence-corrected chi connectivity index (χ4v) is 4.39. The van der Waals surface area contributed by atoms with Crippen molar-refractivity contribution in [3.8, 4) is 16.9 Å². The number of nitrogens with zero attached hydrogens (tertiary/aromatic N) is 3. The average molecular weight is 414 g/mol. The molecular formula is C26H27N3O2. The molecule has 0 saturated carbocycles. The summed E-state index contributed by atoms with van der Waals surface area (Å²) in [5.74, 6) is 1.72. The maximum absolute atomic E-state index is 10.5. The Hall–Kier alpha value is -3.15. The van der Waals surface area contributed by atoms with E-state index in [-0.39, 0.29) is 0 Å². The molecule has 1 aliphatic rings. The molecular weight excluding hydrogens is 386 g/mol. The van der Waals surface area contributed by atoms with E-state index >= 15 is 0 Å². The van der Waals surface area contributed by atoms with Crippen LogP contribution in [0.1, 0.15) is 23.9 Å². The van der Waals surface area contributed by atoms with Crippen molar-refractivity contribution in [1.82, 2.24) is 14.3 Å². The van der Waals surface area contributed by atoms with Crippen molar-refractivity contribution in [3.63, 3.8) is 0 Å². The molecule has 5 rings (SSSR count). The second kappa shape index (κ2) is 8.17. The van der Waals surface area contributed by atoms with Gasteiger partial charge in [-0.15, -0.1) is 0 Å². The summed E-state index contributed by atoms with van der Waals surface area (Å²) < 4.78 is 8.44. The normalized spacial score (nSPS) is 16.1. The second-order valence-corrected chi connectivity index (χ2v) is 8.28. The molecule has 2 atom stereocenters. The first kappa shape index (κ1) is 19.8. The van der Waals surface area contributed by atoms with Gasteiger partial charge >= 0.3 is 0 Å². The molecule has 3 heterocycles. The number of hydrogen-bond donors (Lipinski definition) is 1. The van der Waals surface area contributed by atoms with Crippen LogP contribution < -0.4 is 4.74 Å². The Morgan fingerprint density at radius 2 is 1.84 bits per heavy atom. The average Bonchev–Trinajstić information content (AvgIpc) is 3.17. The molecule has 5 nitrogen and oxygen atoms in total. The van der Waals surface area contributed by atoms with Gasteiger partial charge in [-0.3, -0.25) is 4.90 Å². The number of benzene rings is 2. The molecule has 31 heavy (non-hydrogen) atoms. The van der Waals surface area contributed by atoms with Crippen LogP contribution in [0.5, 0.6) is 5.75 Å². The highest BCUT2D eigenvalue weighted by Gasteiger charge is 2.28. The van der Waals surface area contributed by atoms with E-state index in [1.165, 1.54) is 11.1 Å². The molecule has 2 aromatic carbocycles. The standard InChI is InChI=1S/C26H27N3O2/c1-18(30)26(28-13-12-20-6-3-4-7-22(20)16-28)31-25-9-5-8-21(14-25)23-10-11-24-15-27-19(2)29(24)17-23/h3-11,14-15,17-18,26,30H,12-13,16H2,1-2H3. The summed E-state index contributed by atoms with van der Waals surface area (Å²) in [4.78, 5) is 6.60. The number of ether oxygens (including phenoxy) is 1. The van der Waals surface area contributed by atoms with E-state index in [9.17, 15) is 5.11 Å². The van der Waals surface area contributed by atoms with Crippen molar-refractivity contribution in [1.29, 1.82) is 0 Å². The smallest absolute Gasteiger partial charge is 0.178 e. The lowest BCUT2D eigenvalue weighted by Crippen LogP contribution is -2.48. The third-order valence-electron chi connectivity index (χ3n) is 6.07. The van der Waals surface area contributed by atoms with Gasteiger partial charge in [0.1, 0.15) is 17.7 Å². The SMILES string of the molecule is Cc1ncc2ccc(-c3cccc(OC(C(C)O)N4CCc5ccccc5C4)c3)cn12. The number of hydrogen-bond acceptors (Lipinski definition) is 4. The van der Waals surface area contributed by atoms with Gasteiger partial charge in [0.05, 0.1) is 11.7 Å². The number of rotatable bonds is 5. The second-order valence-electron chi connectivity index (χ2n) is 8.28. The van der Waals surface area contributed by atoms with Gasteiger partial charge in [-0.1, -0.05) is 42.5 Å². The quantitative estimate of drug-likeness (QED) is 0.525. The highest BCUT2D eigenvalue weighted by Crippen LogP contribution is 2.28. The minimum atomic E-state index is -0.612. The highest BCUT2D eigenvalue weighted by molar-refractivity contribution is 5.67. The Morgan fingerprint density at radius 3 is 2.68 bits per heavy atom. The van der Waals surface area contributed by atoms with Crippen molar-refractivity contribution in [2.45, 2.75) is 39.1 Å². The third-order valence-corrected chi connectivity index (χ3v) is 6.07. The molecule has 0 fully saturated rings. The summed E-state index contributed by atoms with van der Waals surface area (Å²) in [7, 11) is 0. The number of aryl methyl sites for hydroxylation is 1. The summed E-state index contributed by atoms with van der Waals surface area (Å²) in [5.41, 5.74) is 5.93. The van der Waals surface area contributed by atoms with Gasteiger partial charge in [-0.2, -0.15) is 0 Å². The fraction of sp³-hybridized carbons (Fsp3) is 0.269. The lowest BCUT2D eigenvalue weighted by Gasteiger charge is -2.37. The number of pyridine rings is 1. The topological polar surface area (TPSA) is 50.0 Å². The molecule has 0 aliphatic carbocycles. The van der Waals surface area contributed by atoms with Crippen LogP contribution in [-0.4, -0.2) is 38.3 Å². The predicted octanol–water partition coefficient (Wildman–Crippen LogP) is 4.45. The molecule has 2 aromatic heterocycles. The Labute approximate surface area is 182 Å². The van der Waals surface area contributed by atoms with Gasteiger partial charge in [0.15, 0.2) is 6.23 Å². The van der Waals surface area contributed by atoms with Crippen molar-refractivity contribution in [2.75, 3.05) is 6.54 Å². The monoisotopic (exact) mass is 413 g/mol. The summed E-state index contributed by atoms with van der Waals surface area (Å²) in [6.07, 6.45) is 3.93. The summed E-state index contributed by atoms with van der Waals surface area (Å²) in [6.45, 7) is 5.44. The maximum atomic E-state index is 10.5. The van der Waals surface area contributed by atoms with Crippen LogP contribution in [-0.2, 0) is 13.0 Å². The van der Waals surface area contributed by atoms with E-state index in [0.29, 0.717) is 0 Å². The molecule has 158 valence electrons.